The first kappa shape index (κ1) is 13.8. The van der Waals surface area contributed by atoms with Crippen molar-refractivity contribution in [3.8, 4) is 0 Å². The molecule has 0 aromatic heterocycles. The molecule has 0 bridgehead atoms. The minimum Gasteiger partial charge on any atom is -0.399 e. The maximum absolute atomic E-state index is 12.3. The first-order valence-electron chi connectivity index (χ1n) is 4.76. The summed E-state index contributed by atoms with van der Waals surface area (Å²) in [5.74, 6) is 0. The van der Waals surface area contributed by atoms with Crippen molar-refractivity contribution in [2.75, 3.05) is 5.73 Å². The van der Waals surface area contributed by atoms with Crippen LogP contribution in [0, 0.1) is 13.8 Å². The Kier molecular flexibility index (Phi) is 4.65. The summed E-state index contributed by atoms with van der Waals surface area (Å²) in [6, 6.07) is 2.42. The summed E-state index contributed by atoms with van der Waals surface area (Å²) in [6.07, 6.45) is -4.31. The van der Waals surface area contributed by atoms with Crippen molar-refractivity contribution in [2.24, 2.45) is 0 Å². The van der Waals surface area contributed by atoms with E-state index in [1.807, 2.05) is 13.8 Å². The molecule has 0 aliphatic carbocycles. The van der Waals surface area contributed by atoms with Crippen molar-refractivity contribution in [1.29, 1.82) is 0 Å². The second kappa shape index (κ2) is 5.05. The van der Waals surface area contributed by atoms with Gasteiger partial charge >= 0.3 is 6.18 Å². The smallest absolute Gasteiger partial charge is 0.399 e. The van der Waals surface area contributed by atoms with Crippen molar-refractivity contribution >= 4 is 5.69 Å². The predicted octanol–water partition coefficient (Wildman–Crippen LogP) is 3.93. The van der Waals surface area contributed by atoms with Crippen molar-refractivity contribution in [3.63, 3.8) is 0 Å². The quantitative estimate of drug-likeness (QED) is 0.657. The second-order valence-electron chi connectivity index (χ2n) is 3.02. The third-order valence-electron chi connectivity index (χ3n) is 1.92. The van der Waals surface area contributed by atoms with Crippen LogP contribution in [0.4, 0.5) is 18.9 Å². The number of halogens is 3. The Morgan fingerprint density at radius 1 is 1.00 bits per heavy atom. The molecule has 86 valence electrons. The SMILES string of the molecule is CC.Cc1cc(C)c(C(F)(F)F)cc1N. The van der Waals surface area contributed by atoms with E-state index in [4.69, 9.17) is 5.73 Å². The molecule has 0 aliphatic heterocycles. The Morgan fingerprint density at radius 3 is 1.87 bits per heavy atom. The highest BCUT2D eigenvalue weighted by atomic mass is 19.4. The van der Waals surface area contributed by atoms with Crippen LogP contribution in [-0.2, 0) is 6.18 Å². The van der Waals surface area contributed by atoms with Gasteiger partial charge in [-0.05, 0) is 31.0 Å². The molecule has 0 spiro atoms. The molecule has 0 fully saturated rings. The fourth-order valence-corrected chi connectivity index (χ4v) is 1.17. The first-order valence-corrected chi connectivity index (χ1v) is 4.76. The van der Waals surface area contributed by atoms with E-state index in [0.29, 0.717) is 5.56 Å². The van der Waals surface area contributed by atoms with Gasteiger partial charge in [-0.1, -0.05) is 19.9 Å². The van der Waals surface area contributed by atoms with Crippen LogP contribution in [0.1, 0.15) is 30.5 Å². The molecule has 0 saturated carbocycles. The van der Waals surface area contributed by atoms with E-state index >= 15 is 0 Å². The number of nitrogen functional groups attached to an aromatic ring is 1. The van der Waals surface area contributed by atoms with E-state index in [-0.39, 0.29) is 11.3 Å². The van der Waals surface area contributed by atoms with Crippen LogP contribution in [0.25, 0.3) is 0 Å². The van der Waals surface area contributed by atoms with Gasteiger partial charge in [-0.2, -0.15) is 13.2 Å². The third kappa shape index (κ3) is 3.46. The van der Waals surface area contributed by atoms with Gasteiger partial charge in [-0.3, -0.25) is 0 Å². The summed E-state index contributed by atoms with van der Waals surface area (Å²) < 4.78 is 36.9. The largest absolute Gasteiger partial charge is 0.416 e. The standard InChI is InChI=1S/C9H10F3N.C2H6/c1-5-3-6(2)8(13)4-7(5)9(10,11)12;1-2/h3-4H,13H2,1-2H3;1-2H3. The van der Waals surface area contributed by atoms with Crippen molar-refractivity contribution in [2.45, 2.75) is 33.9 Å². The van der Waals surface area contributed by atoms with Crippen LogP contribution in [0.3, 0.4) is 0 Å². The Labute approximate surface area is 88.1 Å². The number of aryl methyl sites for hydroxylation is 2. The maximum Gasteiger partial charge on any atom is 0.416 e. The van der Waals surface area contributed by atoms with Gasteiger partial charge in [-0.25, -0.2) is 0 Å². The number of nitrogens with two attached hydrogens (primary N) is 1. The molecule has 0 radical (unpaired) electrons. The van der Waals surface area contributed by atoms with Crippen molar-refractivity contribution in [1.82, 2.24) is 0 Å². The minimum atomic E-state index is -4.31. The average molecular weight is 219 g/mol. The van der Waals surface area contributed by atoms with Crippen LogP contribution in [-0.4, -0.2) is 0 Å². The summed E-state index contributed by atoms with van der Waals surface area (Å²) in [5.41, 5.74) is 5.79. The molecule has 1 aromatic rings. The molecule has 2 N–H and O–H groups in total. The summed E-state index contributed by atoms with van der Waals surface area (Å²) in [7, 11) is 0. The van der Waals surface area contributed by atoms with Gasteiger partial charge in [0.05, 0.1) is 5.56 Å². The first-order chi connectivity index (χ1) is 6.82. The zero-order chi connectivity index (χ0) is 12.2. The number of alkyl halides is 3. The van der Waals surface area contributed by atoms with Gasteiger partial charge in [0.2, 0.25) is 0 Å². The topological polar surface area (TPSA) is 26.0 Å². The molecule has 1 rings (SSSR count). The normalized spacial score (nSPS) is 10.6. The van der Waals surface area contributed by atoms with Gasteiger partial charge in [0.15, 0.2) is 0 Å². The van der Waals surface area contributed by atoms with Crippen LogP contribution in [0.15, 0.2) is 12.1 Å². The van der Waals surface area contributed by atoms with Gasteiger partial charge in [-0.15, -0.1) is 0 Å². The van der Waals surface area contributed by atoms with Gasteiger partial charge in [0.1, 0.15) is 0 Å². The van der Waals surface area contributed by atoms with Crippen LogP contribution in [0.2, 0.25) is 0 Å². The third-order valence-corrected chi connectivity index (χ3v) is 1.92. The highest BCUT2D eigenvalue weighted by Gasteiger charge is 2.32. The van der Waals surface area contributed by atoms with E-state index in [1.54, 1.807) is 6.92 Å². The second-order valence-corrected chi connectivity index (χ2v) is 3.02. The lowest BCUT2D eigenvalue weighted by Crippen LogP contribution is -2.08. The average Bonchev–Trinajstić information content (AvgIpc) is 2.13. The lowest BCUT2D eigenvalue weighted by Gasteiger charge is -2.12. The van der Waals surface area contributed by atoms with Crippen LogP contribution >= 0.6 is 0 Å². The molecule has 1 nitrogen and oxygen atoms in total. The summed E-state index contributed by atoms with van der Waals surface area (Å²) in [6.45, 7) is 7.11. The molecule has 4 heteroatoms. The Bertz CT molecular complexity index is 329. The van der Waals surface area contributed by atoms with E-state index in [9.17, 15) is 13.2 Å². The predicted molar refractivity (Wildman–Crippen MR) is 56.7 cm³/mol. The Morgan fingerprint density at radius 2 is 1.47 bits per heavy atom. The van der Waals surface area contributed by atoms with E-state index in [0.717, 1.165) is 6.07 Å². The molecule has 0 atom stereocenters. The molecular formula is C11H16F3N. The Hall–Kier alpha value is -1.19. The number of anilines is 1. The summed E-state index contributed by atoms with van der Waals surface area (Å²) >= 11 is 0. The zero-order valence-corrected chi connectivity index (χ0v) is 9.37. The van der Waals surface area contributed by atoms with Gasteiger partial charge < -0.3 is 5.73 Å². The van der Waals surface area contributed by atoms with E-state index in [1.165, 1.54) is 13.0 Å². The Balaban J connectivity index is 0.000000921. The van der Waals surface area contributed by atoms with E-state index in [2.05, 4.69) is 0 Å². The molecule has 0 aliphatic rings. The molecule has 0 heterocycles. The lowest BCUT2D eigenvalue weighted by atomic mass is 10.0. The molecule has 15 heavy (non-hydrogen) atoms. The minimum absolute atomic E-state index is 0.179. The fraction of sp³-hybridized carbons (Fsp3) is 0.455. The lowest BCUT2D eigenvalue weighted by molar-refractivity contribution is -0.138. The monoisotopic (exact) mass is 219 g/mol. The molecule has 0 saturated heterocycles. The fourth-order valence-electron chi connectivity index (χ4n) is 1.17. The number of benzene rings is 1. The summed E-state index contributed by atoms with van der Waals surface area (Å²) in [5, 5.41) is 0. The molecular weight excluding hydrogens is 203 g/mol. The van der Waals surface area contributed by atoms with Crippen LogP contribution in [0.5, 0.6) is 0 Å². The van der Waals surface area contributed by atoms with Crippen LogP contribution < -0.4 is 5.73 Å². The molecule has 1 aromatic carbocycles. The number of hydrogen-bond donors (Lipinski definition) is 1. The van der Waals surface area contributed by atoms with Gasteiger partial charge in [0, 0.05) is 5.69 Å². The zero-order valence-electron chi connectivity index (χ0n) is 9.37. The van der Waals surface area contributed by atoms with Gasteiger partial charge in [0.25, 0.3) is 0 Å². The number of hydrogen-bond acceptors (Lipinski definition) is 1. The van der Waals surface area contributed by atoms with Crippen molar-refractivity contribution < 1.29 is 13.2 Å². The highest BCUT2D eigenvalue weighted by molar-refractivity contribution is 5.52. The maximum atomic E-state index is 12.3. The van der Waals surface area contributed by atoms with E-state index < -0.39 is 11.7 Å². The molecule has 0 amide bonds. The number of rotatable bonds is 0. The highest BCUT2D eigenvalue weighted by Crippen LogP contribution is 2.33. The summed E-state index contributed by atoms with van der Waals surface area (Å²) in [4.78, 5) is 0. The van der Waals surface area contributed by atoms with Crippen molar-refractivity contribution in [3.05, 3.63) is 28.8 Å². The molecule has 0 unspecified atom stereocenters.